The van der Waals surface area contributed by atoms with Crippen molar-refractivity contribution in [1.82, 2.24) is 9.80 Å². The fraction of sp³-hybridized carbons (Fsp3) is 0.333. The number of aryl methyl sites for hydroxylation is 2. The SMILES string of the molecule is Cc1ccccc1C1C(C(=O)CCc2ccccc2)=C(O)C(=O)N1CCN(C)C. The molecular formula is C24H28N2O3. The Morgan fingerprint density at radius 2 is 1.72 bits per heavy atom. The number of likely N-dealkylation sites (N-methyl/N-ethyl adjacent to an activating group) is 1. The summed E-state index contributed by atoms with van der Waals surface area (Å²) in [4.78, 5) is 29.6. The summed E-state index contributed by atoms with van der Waals surface area (Å²) in [5.74, 6) is -1.06. The zero-order valence-corrected chi connectivity index (χ0v) is 17.3. The van der Waals surface area contributed by atoms with Crippen molar-refractivity contribution in [3.05, 3.63) is 82.6 Å². The first-order chi connectivity index (χ1) is 13.9. The summed E-state index contributed by atoms with van der Waals surface area (Å²) in [6, 6.07) is 16.9. The Kier molecular flexibility index (Phi) is 6.49. The Hall–Kier alpha value is -2.92. The highest BCUT2D eigenvalue weighted by Crippen LogP contribution is 2.39. The summed E-state index contributed by atoms with van der Waals surface area (Å²) < 4.78 is 0. The van der Waals surface area contributed by atoms with Crippen molar-refractivity contribution in [2.75, 3.05) is 27.2 Å². The third-order valence-corrected chi connectivity index (χ3v) is 5.36. The molecule has 0 aromatic heterocycles. The van der Waals surface area contributed by atoms with Crippen molar-refractivity contribution in [3.63, 3.8) is 0 Å². The summed E-state index contributed by atoms with van der Waals surface area (Å²) in [5.41, 5.74) is 3.15. The molecule has 0 fully saturated rings. The summed E-state index contributed by atoms with van der Waals surface area (Å²) in [5, 5.41) is 10.6. The van der Waals surface area contributed by atoms with E-state index in [1.165, 1.54) is 0 Å². The average Bonchev–Trinajstić information content (AvgIpc) is 2.96. The fourth-order valence-corrected chi connectivity index (χ4v) is 3.73. The fourth-order valence-electron chi connectivity index (χ4n) is 3.73. The van der Waals surface area contributed by atoms with E-state index in [4.69, 9.17) is 0 Å². The van der Waals surface area contributed by atoms with Gasteiger partial charge in [-0.3, -0.25) is 9.59 Å². The number of amides is 1. The molecule has 1 aliphatic heterocycles. The molecule has 1 aliphatic rings. The van der Waals surface area contributed by atoms with E-state index in [-0.39, 0.29) is 17.8 Å². The molecule has 0 radical (unpaired) electrons. The maximum atomic E-state index is 13.1. The van der Waals surface area contributed by atoms with Crippen molar-refractivity contribution in [1.29, 1.82) is 0 Å². The second-order valence-electron chi connectivity index (χ2n) is 7.73. The molecule has 1 N–H and O–H groups in total. The number of hydrogen-bond donors (Lipinski definition) is 1. The number of nitrogens with zero attached hydrogens (tertiary/aromatic N) is 2. The zero-order chi connectivity index (χ0) is 21.0. The second kappa shape index (κ2) is 9.05. The molecule has 2 aromatic carbocycles. The zero-order valence-electron chi connectivity index (χ0n) is 17.3. The standard InChI is InChI=1S/C24H28N2O3/c1-17-9-7-8-12-19(17)22-21(20(27)14-13-18-10-5-4-6-11-18)23(28)24(29)26(22)16-15-25(2)3/h4-12,22,28H,13-16H2,1-3H3. The Morgan fingerprint density at radius 1 is 1.07 bits per heavy atom. The third-order valence-electron chi connectivity index (χ3n) is 5.36. The number of carbonyl (C=O) groups excluding carboxylic acids is 2. The number of rotatable bonds is 8. The lowest BCUT2D eigenvalue weighted by molar-refractivity contribution is -0.129. The third kappa shape index (κ3) is 4.57. The van der Waals surface area contributed by atoms with E-state index >= 15 is 0 Å². The van der Waals surface area contributed by atoms with Gasteiger partial charge in [-0.05, 0) is 44.1 Å². The van der Waals surface area contributed by atoms with E-state index in [0.717, 1.165) is 16.7 Å². The van der Waals surface area contributed by atoms with Crippen LogP contribution in [0.15, 0.2) is 65.9 Å². The lowest BCUT2D eigenvalue weighted by atomic mass is 9.91. The van der Waals surface area contributed by atoms with Crippen LogP contribution in [0.5, 0.6) is 0 Å². The molecule has 152 valence electrons. The molecule has 1 atom stereocenters. The van der Waals surface area contributed by atoms with Gasteiger partial charge in [0.1, 0.15) is 0 Å². The predicted octanol–water partition coefficient (Wildman–Crippen LogP) is 3.45. The van der Waals surface area contributed by atoms with Gasteiger partial charge in [0.15, 0.2) is 11.5 Å². The van der Waals surface area contributed by atoms with Crippen LogP contribution in [0.1, 0.15) is 29.2 Å². The van der Waals surface area contributed by atoms with Gasteiger partial charge in [-0.1, -0.05) is 54.6 Å². The first kappa shape index (κ1) is 20.8. The van der Waals surface area contributed by atoms with Gasteiger partial charge in [-0.2, -0.15) is 0 Å². The highest BCUT2D eigenvalue weighted by atomic mass is 16.3. The molecule has 3 rings (SSSR count). The Bertz CT molecular complexity index is 919. The van der Waals surface area contributed by atoms with Crippen LogP contribution < -0.4 is 0 Å². The van der Waals surface area contributed by atoms with Gasteiger partial charge in [-0.25, -0.2) is 0 Å². The van der Waals surface area contributed by atoms with Gasteiger partial charge in [0.25, 0.3) is 5.91 Å². The van der Waals surface area contributed by atoms with Crippen molar-refractivity contribution in [2.24, 2.45) is 0 Å². The molecule has 2 aromatic rings. The van der Waals surface area contributed by atoms with Crippen molar-refractivity contribution >= 4 is 11.7 Å². The molecule has 5 heteroatoms. The predicted molar refractivity (Wildman–Crippen MR) is 114 cm³/mol. The summed E-state index contributed by atoms with van der Waals surface area (Å²) >= 11 is 0. The Morgan fingerprint density at radius 3 is 2.38 bits per heavy atom. The molecule has 5 nitrogen and oxygen atoms in total. The number of carbonyl (C=O) groups is 2. The van der Waals surface area contributed by atoms with E-state index in [1.54, 1.807) is 4.90 Å². The minimum absolute atomic E-state index is 0.180. The molecule has 0 saturated carbocycles. The van der Waals surface area contributed by atoms with Crippen LogP contribution >= 0.6 is 0 Å². The summed E-state index contributed by atoms with van der Waals surface area (Å²) in [6.07, 6.45) is 0.823. The lowest BCUT2D eigenvalue weighted by Crippen LogP contribution is -2.36. The topological polar surface area (TPSA) is 60.9 Å². The minimum Gasteiger partial charge on any atom is -0.503 e. The van der Waals surface area contributed by atoms with Crippen LogP contribution in [0.3, 0.4) is 0 Å². The minimum atomic E-state index is -0.549. The van der Waals surface area contributed by atoms with E-state index in [2.05, 4.69) is 0 Å². The maximum Gasteiger partial charge on any atom is 0.290 e. The molecule has 1 heterocycles. The molecular weight excluding hydrogens is 364 g/mol. The molecule has 1 amide bonds. The molecule has 0 saturated heterocycles. The van der Waals surface area contributed by atoms with Gasteiger partial charge >= 0.3 is 0 Å². The van der Waals surface area contributed by atoms with Crippen LogP contribution in [0.2, 0.25) is 0 Å². The number of aliphatic hydroxyl groups excluding tert-OH is 1. The van der Waals surface area contributed by atoms with Crippen molar-refractivity contribution in [2.45, 2.75) is 25.8 Å². The van der Waals surface area contributed by atoms with Gasteiger partial charge in [0.05, 0.1) is 11.6 Å². The largest absolute Gasteiger partial charge is 0.503 e. The first-order valence-electron chi connectivity index (χ1n) is 9.91. The highest BCUT2D eigenvalue weighted by Gasteiger charge is 2.43. The smallest absolute Gasteiger partial charge is 0.290 e. The van der Waals surface area contributed by atoms with Gasteiger partial charge in [0, 0.05) is 19.5 Å². The molecule has 0 aliphatic carbocycles. The van der Waals surface area contributed by atoms with Crippen molar-refractivity contribution in [3.8, 4) is 0 Å². The maximum absolute atomic E-state index is 13.1. The van der Waals surface area contributed by atoms with Crippen LogP contribution in [0, 0.1) is 6.92 Å². The Balaban J connectivity index is 1.92. The Labute approximate surface area is 172 Å². The number of benzene rings is 2. The summed E-state index contributed by atoms with van der Waals surface area (Å²) in [7, 11) is 3.87. The van der Waals surface area contributed by atoms with Crippen LogP contribution in [0.25, 0.3) is 0 Å². The number of Topliss-reactive ketones (excluding diaryl/α,β-unsaturated/α-hetero) is 1. The summed E-state index contributed by atoms with van der Waals surface area (Å²) in [6.45, 7) is 3.04. The quantitative estimate of drug-likeness (QED) is 0.747. The van der Waals surface area contributed by atoms with Crippen molar-refractivity contribution < 1.29 is 14.7 Å². The first-order valence-corrected chi connectivity index (χ1v) is 9.91. The molecule has 29 heavy (non-hydrogen) atoms. The van der Waals surface area contributed by atoms with Crippen LogP contribution in [-0.2, 0) is 16.0 Å². The van der Waals surface area contributed by atoms with E-state index in [9.17, 15) is 14.7 Å². The molecule has 1 unspecified atom stereocenters. The lowest BCUT2D eigenvalue weighted by Gasteiger charge is -2.29. The van der Waals surface area contributed by atoms with Crippen LogP contribution in [0.4, 0.5) is 0 Å². The second-order valence-corrected chi connectivity index (χ2v) is 7.73. The van der Waals surface area contributed by atoms with E-state index in [0.29, 0.717) is 19.5 Å². The normalized spacial score (nSPS) is 16.8. The number of aliphatic hydroxyl groups is 1. The molecule has 0 bridgehead atoms. The van der Waals surface area contributed by atoms with Crippen LogP contribution in [-0.4, -0.2) is 53.8 Å². The average molecular weight is 392 g/mol. The molecule has 0 spiro atoms. The van der Waals surface area contributed by atoms with E-state index in [1.807, 2.05) is 80.5 Å². The van der Waals surface area contributed by atoms with Gasteiger partial charge in [-0.15, -0.1) is 0 Å². The van der Waals surface area contributed by atoms with Gasteiger partial charge < -0.3 is 14.9 Å². The highest BCUT2D eigenvalue weighted by molar-refractivity contribution is 6.09. The number of ketones is 1. The van der Waals surface area contributed by atoms with Gasteiger partial charge in [0.2, 0.25) is 0 Å². The van der Waals surface area contributed by atoms with E-state index < -0.39 is 17.7 Å². The monoisotopic (exact) mass is 392 g/mol. The number of hydrogen-bond acceptors (Lipinski definition) is 4.